The van der Waals surface area contributed by atoms with E-state index in [1.165, 1.54) is 24.0 Å². The number of carbonyl (C=O) groups is 1. The number of rotatable bonds is 1. The first-order valence-electron chi connectivity index (χ1n) is 7.33. The van der Waals surface area contributed by atoms with E-state index >= 15 is 0 Å². The third kappa shape index (κ3) is 3.02. The summed E-state index contributed by atoms with van der Waals surface area (Å²) < 4.78 is 5.26. The van der Waals surface area contributed by atoms with Crippen LogP contribution in [-0.2, 0) is 17.6 Å². The van der Waals surface area contributed by atoms with E-state index < -0.39 is 0 Å². The molecule has 0 N–H and O–H groups in total. The van der Waals surface area contributed by atoms with Crippen LogP contribution in [0.5, 0.6) is 0 Å². The molecule has 3 heteroatoms. The summed E-state index contributed by atoms with van der Waals surface area (Å²) in [6, 6.07) is 9.00. The largest absolute Gasteiger partial charge is 0.378 e. The number of aryl methyl sites for hydroxylation is 2. The van der Waals surface area contributed by atoms with E-state index in [1.54, 1.807) is 0 Å². The maximum absolute atomic E-state index is 12.1. The first kappa shape index (κ1) is 13.2. The lowest BCUT2D eigenvalue weighted by Crippen LogP contribution is -2.32. The third-order valence-electron chi connectivity index (χ3n) is 3.95. The van der Waals surface area contributed by atoms with Gasteiger partial charge in [0.15, 0.2) is 0 Å². The van der Waals surface area contributed by atoms with E-state index in [1.807, 2.05) is 17.0 Å². The Kier molecular flexibility index (Phi) is 4.03. The molecule has 1 aliphatic carbocycles. The molecule has 1 aromatic rings. The lowest BCUT2D eigenvalue weighted by atomic mass is 9.90. The smallest absolute Gasteiger partial charge is 0.237 e. The monoisotopic (exact) mass is 269 g/mol. The summed E-state index contributed by atoms with van der Waals surface area (Å²) in [6.07, 6.45) is 4.72. The van der Waals surface area contributed by atoms with Crippen LogP contribution in [0.15, 0.2) is 18.2 Å². The number of carbonyl (C=O) groups excluding carboxylic acids is 1. The lowest BCUT2D eigenvalue weighted by Gasteiger charge is -2.22. The highest BCUT2D eigenvalue weighted by atomic mass is 16.5. The second-order valence-corrected chi connectivity index (χ2v) is 5.36. The Balaban J connectivity index is 1.72. The van der Waals surface area contributed by atoms with Crippen molar-refractivity contribution in [3.8, 4) is 12.0 Å². The zero-order chi connectivity index (χ0) is 13.8. The van der Waals surface area contributed by atoms with Gasteiger partial charge in [0.2, 0.25) is 5.78 Å². The number of ketones is 1. The van der Waals surface area contributed by atoms with Crippen LogP contribution in [-0.4, -0.2) is 37.0 Å². The van der Waals surface area contributed by atoms with Gasteiger partial charge < -0.3 is 9.64 Å². The Bertz CT molecular complexity index is 562. The maximum atomic E-state index is 12.1. The normalized spacial score (nSPS) is 17.9. The second kappa shape index (κ2) is 6.11. The number of fused-ring (bicyclic) bond motifs is 1. The molecule has 1 saturated heterocycles. The highest BCUT2D eigenvalue weighted by Gasteiger charge is 2.12. The lowest BCUT2D eigenvalue weighted by molar-refractivity contribution is 0.0637. The fourth-order valence-electron chi connectivity index (χ4n) is 2.75. The maximum Gasteiger partial charge on any atom is 0.237 e. The number of hydrogen-bond donors (Lipinski definition) is 0. The van der Waals surface area contributed by atoms with Gasteiger partial charge in [0, 0.05) is 24.7 Å². The molecule has 0 bridgehead atoms. The molecule has 0 unspecified atom stereocenters. The van der Waals surface area contributed by atoms with Crippen molar-refractivity contribution in [1.82, 2.24) is 4.90 Å². The number of benzene rings is 1. The van der Waals surface area contributed by atoms with Gasteiger partial charge in [-0.25, -0.2) is 0 Å². The first-order chi connectivity index (χ1) is 9.83. The Labute approximate surface area is 119 Å². The summed E-state index contributed by atoms with van der Waals surface area (Å²) >= 11 is 0. The summed E-state index contributed by atoms with van der Waals surface area (Å²) in [5, 5.41) is 0. The van der Waals surface area contributed by atoms with Crippen LogP contribution in [0.4, 0.5) is 0 Å². The third-order valence-corrected chi connectivity index (χ3v) is 3.95. The van der Waals surface area contributed by atoms with Gasteiger partial charge in [-0.1, -0.05) is 12.1 Å². The summed E-state index contributed by atoms with van der Waals surface area (Å²) in [5.74, 6) is 2.68. The van der Waals surface area contributed by atoms with E-state index in [0.717, 1.165) is 31.5 Å². The Morgan fingerprint density at radius 1 is 1.10 bits per heavy atom. The average molecular weight is 269 g/mol. The predicted octanol–water partition coefficient (Wildman–Crippen LogP) is 2.04. The van der Waals surface area contributed by atoms with E-state index in [9.17, 15) is 4.79 Å². The molecule has 1 heterocycles. The molecule has 3 nitrogen and oxygen atoms in total. The van der Waals surface area contributed by atoms with Crippen molar-refractivity contribution in [2.24, 2.45) is 0 Å². The molecule has 0 aromatic heterocycles. The zero-order valence-corrected chi connectivity index (χ0v) is 11.7. The topological polar surface area (TPSA) is 29.5 Å². The van der Waals surface area contributed by atoms with Crippen molar-refractivity contribution < 1.29 is 9.53 Å². The molecule has 104 valence electrons. The summed E-state index contributed by atoms with van der Waals surface area (Å²) in [6.45, 7) is 2.96. The van der Waals surface area contributed by atoms with Gasteiger partial charge in [-0.2, -0.15) is 0 Å². The van der Waals surface area contributed by atoms with Gasteiger partial charge in [0.05, 0.1) is 13.2 Å². The van der Waals surface area contributed by atoms with E-state index in [0.29, 0.717) is 13.2 Å². The van der Waals surface area contributed by atoms with Crippen LogP contribution < -0.4 is 0 Å². The van der Waals surface area contributed by atoms with E-state index in [-0.39, 0.29) is 5.78 Å². The number of nitrogens with zero attached hydrogens (tertiary/aromatic N) is 1. The highest BCUT2D eigenvalue weighted by molar-refractivity contribution is 6.09. The van der Waals surface area contributed by atoms with Crippen molar-refractivity contribution in [1.29, 1.82) is 0 Å². The minimum atomic E-state index is -0.0788. The molecule has 2 aliphatic rings. The molecule has 1 aliphatic heterocycles. The Morgan fingerprint density at radius 2 is 1.85 bits per heavy atom. The summed E-state index contributed by atoms with van der Waals surface area (Å²) in [7, 11) is 0. The molecular formula is C17H19NO2. The number of morpholine rings is 1. The van der Waals surface area contributed by atoms with Crippen molar-refractivity contribution in [3.63, 3.8) is 0 Å². The van der Waals surface area contributed by atoms with E-state index in [4.69, 9.17) is 4.74 Å². The van der Waals surface area contributed by atoms with Gasteiger partial charge in [-0.3, -0.25) is 4.79 Å². The van der Waals surface area contributed by atoms with Gasteiger partial charge in [0.25, 0.3) is 0 Å². The predicted molar refractivity (Wildman–Crippen MR) is 77.6 cm³/mol. The summed E-state index contributed by atoms with van der Waals surface area (Å²) in [5.41, 5.74) is 3.45. The quantitative estimate of drug-likeness (QED) is 0.577. The van der Waals surface area contributed by atoms with Gasteiger partial charge in [-0.05, 0) is 48.8 Å². The van der Waals surface area contributed by atoms with Crippen LogP contribution in [0.25, 0.3) is 0 Å². The second-order valence-electron chi connectivity index (χ2n) is 5.36. The minimum Gasteiger partial charge on any atom is -0.378 e. The first-order valence-corrected chi connectivity index (χ1v) is 7.33. The van der Waals surface area contributed by atoms with Crippen LogP contribution in [0.2, 0.25) is 0 Å². The number of hydrogen-bond acceptors (Lipinski definition) is 3. The van der Waals surface area contributed by atoms with Gasteiger partial charge >= 0.3 is 0 Å². The van der Waals surface area contributed by atoms with Crippen molar-refractivity contribution in [3.05, 3.63) is 34.9 Å². The SMILES string of the molecule is O=C(C#CN1CCOCC1)c1ccc2c(c1)CCCC2. The highest BCUT2D eigenvalue weighted by Crippen LogP contribution is 2.22. The molecule has 1 fully saturated rings. The molecule has 0 amide bonds. The van der Waals surface area contributed by atoms with Crippen molar-refractivity contribution >= 4 is 5.78 Å². The fourth-order valence-corrected chi connectivity index (χ4v) is 2.75. The van der Waals surface area contributed by atoms with Crippen LogP contribution in [0.1, 0.15) is 34.3 Å². The summed E-state index contributed by atoms with van der Waals surface area (Å²) in [4.78, 5) is 14.1. The van der Waals surface area contributed by atoms with E-state index in [2.05, 4.69) is 18.0 Å². The van der Waals surface area contributed by atoms with Gasteiger partial charge in [-0.15, -0.1) is 0 Å². The molecule has 0 atom stereocenters. The van der Waals surface area contributed by atoms with Gasteiger partial charge in [0.1, 0.15) is 0 Å². The fraction of sp³-hybridized carbons (Fsp3) is 0.471. The molecule has 1 aromatic carbocycles. The molecule has 0 saturated carbocycles. The van der Waals surface area contributed by atoms with Crippen LogP contribution >= 0.6 is 0 Å². The van der Waals surface area contributed by atoms with Crippen molar-refractivity contribution in [2.45, 2.75) is 25.7 Å². The average Bonchev–Trinajstić information content (AvgIpc) is 2.53. The number of Topliss-reactive ketones (excluding diaryl/α,β-unsaturated/α-hetero) is 1. The van der Waals surface area contributed by atoms with Crippen LogP contribution in [0.3, 0.4) is 0 Å². The standard InChI is InChI=1S/C17H19NO2/c19-17(7-8-18-9-11-20-12-10-18)16-6-5-14-3-1-2-4-15(14)13-16/h5-6,13H,1-4,9-12H2. The number of ether oxygens (including phenoxy) is 1. The molecule has 20 heavy (non-hydrogen) atoms. The molecular weight excluding hydrogens is 250 g/mol. The molecule has 3 rings (SSSR count). The Morgan fingerprint density at radius 3 is 2.65 bits per heavy atom. The van der Waals surface area contributed by atoms with Crippen LogP contribution in [0, 0.1) is 12.0 Å². The van der Waals surface area contributed by atoms with Crippen molar-refractivity contribution in [2.75, 3.05) is 26.3 Å². The Hall–Kier alpha value is -1.79. The molecule has 0 spiro atoms. The zero-order valence-electron chi connectivity index (χ0n) is 11.7. The molecule has 0 radical (unpaired) electrons. The minimum absolute atomic E-state index is 0.0788.